The summed E-state index contributed by atoms with van der Waals surface area (Å²) in [6, 6.07) is 12.1. The molecule has 3 nitrogen and oxygen atoms in total. The lowest BCUT2D eigenvalue weighted by atomic mass is 10.1. The highest BCUT2D eigenvalue weighted by atomic mass is 32.2. The number of aryl methyl sites for hydroxylation is 2. The number of benzene rings is 1. The summed E-state index contributed by atoms with van der Waals surface area (Å²) in [5, 5.41) is 0.612. The Kier molecular flexibility index (Phi) is 3.87. The van der Waals surface area contributed by atoms with Crippen molar-refractivity contribution >= 4 is 28.3 Å². The average molecular weight is 316 g/mol. The number of thioether (sulfide) groups is 1. The van der Waals surface area contributed by atoms with Gasteiger partial charge in [0.05, 0.1) is 5.70 Å². The highest BCUT2D eigenvalue weighted by molar-refractivity contribution is 8.16. The van der Waals surface area contributed by atoms with E-state index in [-0.39, 0.29) is 0 Å². The predicted octanol–water partition coefficient (Wildman–Crippen LogP) is 3.34. The third-order valence-corrected chi connectivity index (χ3v) is 6.33. The quantitative estimate of drug-likeness (QED) is 0.943. The molecule has 0 fully saturated rings. The number of nitrogens with two attached hydrogens (primary N) is 1. The topological polar surface area (TPSA) is 56.0 Å². The fraction of sp³-hybridized carbons (Fsp3) is 0.188. The van der Waals surface area contributed by atoms with Crippen LogP contribution in [-0.2, 0) is 16.6 Å². The van der Waals surface area contributed by atoms with Crippen LogP contribution >= 0.6 is 11.8 Å². The number of hydrogen-bond donors (Lipinski definition) is 1. The molecule has 2 heterocycles. The molecule has 2 N–H and O–H groups in total. The number of hydrogen-bond acceptors (Lipinski definition) is 4. The zero-order valence-corrected chi connectivity index (χ0v) is 13.6. The average Bonchev–Trinajstić information content (AvgIpc) is 2.70. The summed E-state index contributed by atoms with van der Waals surface area (Å²) in [4.78, 5) is 4.42. The van der Waals surface area contributed by atoms with Gasteiger partial charge >= 0.3 is 0 Å². The maximum absolute atomic E-state index is 12.6. The second kappa shape index (κ2) is 5.66. The van der Waals surface area contributed by atoms with Crippen LogP contribution in [0, 0.1) is 13.8 Å². The number of pyridine rings is 1. The minimum atomic E-state index is -1.25. The zero-order valence-electron chi connectivity index (χ0n) is 11.9. The minimum absolute atomic E-state index is 0.612. The molecule has 0 saturated heterocycles. The van der Waals surface area contributed by atoms with Gasteiger partial charge in [0.2, 0.25) is 0 Å². The Hall–Kier alpha value is -1.59. The third-order valence-electron chi connectivity index (χ3n) is 3.36. The maximum Gasteiger partial charge on any atom is 0.142 e. The van der Waals surface area contributed by atoms with Crippen LogP contribution in [0.4, 0.5) is 0 Å². The summed E-state index contributed by atoms with van der Waals surface area (Å²) in [6.45, 7) is 3.90. The van der Waals surface area contributed by atoms with Crippen molar-refractivity contribution in [3.8, 4) is 0 Å². The first-order chi connectivity index (χ1) is 10.1. The highest BCUT2D eigenvalue weighted by Gasteiger charge is 2.30. The van der Waals surface area contributed by atoms with Crippen molar-refractivity contribution in [3.63, 3.8) is 0 Å². The molecule has 2 aromatic rings. The molecule has 0 spiro atoms. The molecule has 0 saturated carbocycles. The number of nitrogens with zero attached hydrogens (tertiary/aromatic N) is 1. The van der Waals surface area contributed by atoms with Gasteiger partial charge in [0.15, 0.2) is 0 Å². The van der Waals surface area contributed by atoms with E-state index in [4.69, 9.17) is 5.73 Å². The van der Waals surface area contributed by atoms with E-state index in [9.17, 15) is 4.21 Å². The Morgan fingerprint density at radius 3 is 2.67 bits per heavy atom. The Balaban J connectivity index is 1.91. The van der Waals surface area contributed by atoms with E-state index in [1.807, 2.05) is 38.1 Å². The van der Waals surface area contributed by atoms with Gasteiger partial charge in [-0.1, -0.05) is 30.3 Å². The van der Waals surface area contributed by atoms with Gasteiger partial charge in [0.1, 0.15) is 20.1 Å². The highest BCUT2D eigenvalue weighted by Crippen LogP contribution is 2.41. The van der Waals surface area contributed by atoms with Crippen LogP contribution in [0.25, 0.3) is 5.70 Å². The lowest BCUT2D eigenvalue weighted by Gasteiger charge is -2.04. The minimum Gasteiger partial charge on any atom is -0.397 e. The summed E-state index contributed by atoms with van der Waals surface area (Å²) >= 11 is 1.54. The van der Waals surface area contributed by atoms with Crippen LogP contribution in [0.5, 0.6) is 0 Å². The van der Waals surface area contributed by atoms with Crippen molar-refractivity contribution in [1.29, 1.82) is 0 Å². The van der Waals surface area contributed by atoms with E-state index in [1.165, 1.54) is 17.3 Å². The monoisotopic (exact) mass is 316 g/mol. The van der Waals surface area contributed by atoms with Crippen molar-refractivity contribution in [2.24, 2.45) is 5.73 Å². The van der Waals surface area contributed by atoms with Gasteiger partial charge in [-0.15, -0.1) is 11.8 Å². The molecule has 1 aromatic carbocycles. The van der Waals surface area contributed by atoms with Crippen molar-refractivity contribution < 1.29 is 4.21 Å². The van der Waals surface area contributed by atoms with Crippen LogP contribution in [-0.4, -0.2) is 9.19 Å². The first kappa shape index (κ1) is 14.4. The fourth-order valence-electron chi connectivity index (χ4n) is 2.41. The Bertz CT molecular complexity index is 754. The van der Waals surface area contributed by atoms with E-state index >= 15 is 0 Å². The van der Waals surface area contributed by atoms with Gasteiger partial charge in [-0.2, -0.15) is 0 Å². The molecular weight excluding hydrogens is 300 g/mol. The SMILES string of the molecule is Cc1cc(C)c2c(n1)S(=O)C(SCc1ccccc1)=C2N. The van der Waals surface area contributed by atoms with E-state index in [0.717, 1.165) is 26.8 Å². The molecule has 3 rings (SSSR count). The molecule has 1 aliphatic rings. The smallest absolute Gasteiger partial charge is 0.142 e. The van der Waals surface area contributed by atoms with Crippen molar-refractivity contribution in [2.75, 3.05) is 0 Å². The number of fused-ring (bicyclic) bond motifs is 1. The molecule has 0 radical (unpaired) electrons. The zero-order chi connectivity index (χ0) is 15.0. The summed E-state index contributed by atoms with van der Waals surface area (Å²) in [5.41, 5.74) is 10.8. The largest absolute Gasteiger partial charge is 0.397 e. The molecule has 1 unspecified atom stereocenters. The second-order valence-electron chi connectivity index (χ2n) is 5.00. The van der Waals surface area contributed by atoms with Crippen LogP contribution in [0.15, 0.2) is 45.7 Å². The van der Waals surface area contributed by atoms with Crippen LogP contribution in [0.2, 0.25) is 0 Å². The van der Waals surface area contributed by atoms with Gasteiger partial charge < -0.3 is 5.73 Å². The van der Waals surface area contributed by atoms with Crippen LogP contribution < -0.4 is 5.73 Å². The third kappa shape index (κ3) is 2.63. The number of rotatable bonds is 3. The summed E-state index contributed by atoms with van der Waals surface area (Å²) in [7, 11) is -1.25. The second-order valence-corrected chi connectivity index (χ2v) is 7.58. The molecule has 0 aliphatic carbocycles. The van der Waals surface area contributed by atoms with Gasteiger partial charge in [0, 0.05) is 17.0 Å². The maximum atomic E-state index is 12.6. The fourth-order valence-corrected chi connectivity index (χ4v) is 5.16. The first-order valence-corrected chi connectivity index (χ1v) is 8.78. The normalized spacial score (nSPS) is 17.1. The summed E-state index contributed by atoms with van der Waals surface area (Å²) in [6.07, 6.45) is 0. The Labute approximate surface area is 131 Å². The lowest BCUT2D eigenvalue weighted by Crippen LogP contribution is -2.00. The van der Waals surface area contributed by atoms with Gasteiger partial charge in [-0.05, 0) is 31.0 Å². The van der Waals surface area contributed by atoms with Crippen molar-refractivity contribution in [3.05, 3.63) is 63.0 Å². The standard InChI is InChI=1S/C16H16N2OS2/c1-10-8-11(2)18-15-13(10)14(17)16(21(15)19)20-9-12-6-4-3-5-7-12/h3-8H,9,17H2,1-2H3. The van der Waals surface area contributed by atoms with Gasteiger partial charge in [0.25, 0.3) is 0 Å². The molecule has 0 amide bonds. The summed E-state index contributed by atoms with van der Waals surface area (Å²) in [5.74, 6) is 0.759. The number of aromatic nitrogens is 1. The molecule has 5 heteroatoms. The van der Waals surface area contributed by atoms with E-state index in [2.05, 4.69) is 17.1 Å². The molecule has 0 bridgehead atoms. The Morgan fingerprint density at radius 1 is 1.24 bits per heavy atom. The molecule has 1 aliphatic heterocycles. The van der Waals surface area contributed by atoms with Crippen molar-refractivity contribution in [2.45, 2.75) is 24.6 Å². The van der Waals surface area contributed by atoms with E-state index in [1.54, 1.807) is 0 Å². The van der Waals surface area contributed by atoms with Gasteiger partial charge in [-0.25, -0.2) is 9.19 Å². The lowest BCUT2D eigenvalue weighted by molar-refractivity contribution is 0.685. The molecule has 108 valence electrons. The molecule has 1 atom stereocenters. The van der Waals surface area contributed by atoms with Crippen LogP contribution in [0.1, 0.15) is 22.4 Å². The first-order valence-electron chi connectivity index (χ1n) is 6.65. The van der Waals surface area contributed by atoms with E-state index in [0.29, 0.717) is 10.7 Å². The Morgan fingerprint density at radius 2 is 1.95 bits per heavy atom. The molecule has 21 heavy (non-hydrogen) atoms. The van der Waals surface area contributed by atoms with E-state index < -0.39 is 10.8 Å². The van der Waals surface area contributed by atoms with Crippen LogP contribution in [0.3, 0.4) is 0 Å². The van der Waals surface area contributed by atoms with Gasteiger partial charge in [-0.3, -0.25) is 0 Å². The predicted molar refractivity (Wildman–Crippen MR) is 89.0 cm³/mol. The van der Waals surface area contributed by atoms with Crippen molar-refractivity contribution in [1.82, 2.24) is 4.98 Å². The molecular formula is C16H16N2OS2. The summed E-state index contributed by atoms with van der Waals surface area (Å²) < 4.78 is 13.4. The molecule has 1 aromatic heterocycles.